The third-order valence-electron chi connectivity index (χ3n) is 4.65. The maximum Gasteiger partial charge on any atom is 0.417 e. The van der Waals surface area contributed by atoms with E-state index in [1.165, 1.54) is 13.0 Å². The van der Waals surface area contributed by atoms with E-state index in [2.05, 4.69) is 11.6 Å². The Bertz CT molecular complexity index is 688. The Morgan fingerprint density at radius 2 is 2.21 bits per heavy atom. The fraction of sp³-hybridized carbons (Fsp3) is 0.500. The minimum absolute atomic E-state index is 0.178. The van der Waals surface area contributed by atoms with Gasteiger partial charge in [0.1, 0.15) is 5.82 Å². The van der Waals surface area contributed by atoms with Gasteiger partial charge in [-0.15, -0.1) is 0 Å². The van der Waals surface area contributed by atoms with Gasteiger partial charge in [-0.1, -0.05) is 6.58 Å². The maximum absolute atomic E-state index is 12.9. The van der Waals surface area contributed by atoms with E-state index in [9.17, 15) is 23.1 Å². The smallest absolute Gasteiger partial charge is 0.385 e. The van der Waals surface area contributed by atoms with Crippen molar-refractivity contribution in [2.45, 2.75) is 31.2 Å². The van der Waals surface area contributed by atoms with Crippen molar-refractivity contribution in [2.75, 3.05) is 24.5 Å². The van der Waals surface area contributed by atoms with Crippen LogP contribution in [0.3, 0.4) is 0 Å². The first-order valence-corrected chi connectivity index (χ1v) is 7.61. The monoisotopic (exact) mass is 341 g/mol. The fourth-order valence-electron chi connectivity index (χ4n) is 3.44. The molecule has 3 heterocycles. The largest absolute Gasteiger partial charge is 0.417 e. The highest BCUT2D eigenvalue weighted by Gasteiger charge is 2.44. The van der Waals surface area contributed by atoms with Gasteiger partial charge in [-0.25, -0.2) is 4.98 Å². The van der Waals surface area contributed by atoms with Crippen LogP contribution in [0.2, 0.25) is 0 Å². The molecular weight excluding hydrogens is 323 g/mol. The number of fused-ring (bicyclic) bond motifs is 3. The van der Waals surface area contributed by atoms with E-state index in [0.717, 1.165) is 12.3 Å². The van der Waals surface area contributed by atoms with Gasteiger partial charge in [-0.05, 0) is 19.1 Å². The highest BCUT2D eigenvalue weighted by molar-refractivity contribution is 5.87. The minimum atomic E-state index is -4.51. The number of amides is 1. The summed E-state index contributed by atoms with van der Waals surface area (Å²) in [5.74, 6) is 0.162. The number of hydrogen-bond donors (Lipinski definition) is 1. The maximum atomic E-state index is 12.9. The van der Waals surface area contributed by atoms with Gasteiger partial charge in [0, 0.05) is 37.8 Å². The first-order chi connectivity index (χ1) is 11.1. The molecular formula is C16H18F3N3O2. The minimum Gasteiger partial charge on any atom is -0.385 e. The summed E-state index contributed by atoms with van der Waals surface area (Å²) < 4.78 is 38.8. The Hall–Kier alpha value is -2.09. The first-order valence-electron chi connectivity index (χ1n) is 7.61. The fourth-order valence-corrected chi connectivity index (χ4v) is 3.44. The Labute approximate surface area is 137 Å². The molecule has 2 atom stereocenters. The number of piperazine rings is 1. The molecule has 0 saturated carbocycles. The molecule has 0 aliphatic carbocycles. The van der Waals surface area contributed by atoms with Gasteiger partial charge in [0.25, 0.3) is 0 Å². The number of aromatic nitrogens is 1. The van der Waals surface area contributed by atoms with Gasteiger partial charge >= 0.3 is 6.18 Å². The molecule has 5 nitrogen and oxygen atoms in total. The van der Waals surface area contributed by atoms with Crippen molar-refractivity contribution in [3.8, 4) is 0 Å². The van der Waals surface area contributed by atoms with Crippen LogP contribution in [-0.4, -0.2) is 46.6 Å². The van der Waals surface area contributed by atoms with Crippen molar-refractivity contribution in [1.29, 1.82) is 0 Å². The second kappa shape index (κ2) is 5.47. The standard InChI is InChI=1S/C16H18F3N3O2/c1-3-13(23)21-4-5-22-11(9-21)7-15(2,24)12-6-10(16(17,18)19)8-20-14(12)22/h3,6,8,11,24H,1,4-5,7,9H2,2H3/t11-,15?/m0/s1. The lowest BCUT2D eigenvalue weighted by atomic mass is 9.83. The van der Waals surface area contributed by atoms with Crippen LogP contribution in [0.15, 0.2) is 24.9 Å². The van der Waals surface area contributed by atoms with E-state index in [-0.39, 0.29) is 23.9 Å². The molecule has 24 heavy (non-hydrogen) atoms. The van der Waals surface area contributed by atoms with E-state index in [0.29, 0.717) is 25.5 Å². The molecule has 0 spiro atoms. The zero-order valence-corrected chi connectivity index (χ0v) is 13.2. The van der Waals surface area contributed by atoms with E-state index < -0.39 is 17.3 Å². The van der Waals surface area contributed by atoms with Gasteiger partial charge in [0.15, 0.2) is 0 Å². The Morgan fingerprint density at radius 1 is 1.50 bits per heavy atom. The molecule has 1 N–H and O–H groups in total. The van der Waals surface area contributed by atoms with Crippen molar-refractivity contribution >= 4 is 11.7 Å². The number of rotatable bonds is 1. The molecule has 1 saturated heterocycles. The van der Waals surface area contributed by atoms with Crippen molar-refractivity contribution < 1.29 is 23.1 Å². The summed E-state index contributed by atoms with van der Waals surface area (Å²) in [7, 11) is 0. The molecule has 8 heteroatoms. The lowest BCUT2D eigenvalue weighted by molar-refractivity contribution is -0.138. The summed E-state index contributed by atoms with van der Waals surface area (Å²) in [5, 5.41) is 10.7. The number of carbonyl (C=O) groups is 1. The van der Waals surface area contributed by atoms with Crippen LogP contribution < -0.4 is 4.90 Å². The van der Waals surface area contributed by atoms with E-state index in [1.54, 1.807) is 4.90 Å². The molecule has 0 bridgehead atoms. The zero-order valence-electron chi connectivity index (χ0n) is 13.2. The van der Waals surface area contributed by atoms with Gasteiger partial charge in [-0.3, -0.25) is 4.79 Å². The molecule has 0 radical (unpaired) electrons. The molecule has 1 amide bonds. The summed E-state index contributed by atoms with van der Waals surface area (Å²) in [6.07, 6.45) is -2.26. The number of pyridine rings is 1. The van der Waals surface area contributed by atoms with Crippen molar-refractivity contribution in [1.82, 2.24) is 9.88 Å². The van der Waals surface area contributed by atoms with Crippen LogP contribution >= 0.6 is 0 Å². The number of aliphatic hydroxyl groups is 1. The van der Waals surface area contributed by atoms with Gasteiger partial charge < -0.3 is 14.9 Å². The van der Waals surface area contributed by atoms with Gasteiger partial charge in [0.2, 0.25) is 5.91 Å². The SMILES string of the molecule is C=CC(=O)N1CCN2c3ncc(C(F)(F)F)cc3C(C)(O)C[C@H]2C1. The molecule has 2 aliphatic rings. The van der Waals surface area contributed by atoms with Crippen LogP contribution in [0.4, 0.5) is 19.0 Å². The summed E-state index contributed by atoms with van der Waals surface area (Å²) in [4.78, 5) is 19.3. The molecule has 1 unspecified atom stereocenters. The van der Waals surface area contributed by atoms with Crippen LogP contribution in [-0.2, 0) is 16.6 Å². The number of halogens is 3. The molecule has 1 fully saturated rings. The summed E-state index contributed by atoms with van der Waals surface area (Å²) in [6, 6.07) is 0.772. The average Bonchev–Trinajstić information content (AvgIpc) is 2.52. The Balaban J connectivity index is 1.97. The second-order valence-corrected chi connectivity index (χ2v) is 6.41. The predicted octanol–water partition coefficient (Wildman–Crippen LogP) is 1.91. The normalized spacial score (nSPS) is 26.6. The molecule has 0 aromatic carbocycles. The molecule has 130 valence electrons. The van der Waals surface area contributed by atoms with E-state index >= 15 is 0 Å². The first kappa shape index (κ1) is 16.8. The van der Waals surface area contributed by atoms with Crippen LogP contribution in [0.1, 0.15) is 24.5 Å². The van der Waals surface area contributed by atoms with Crippen molar-refractivity contribution in [3.05, 3.63) is 36.0 Å². The van der Waals surface area contributed by atoms with Gasteiger partial charge in [0.05, 0.1) is 17.2 Å². The molecule has 3 rings (SSSR count). The Morgan fingerprint density at radius 3 is 2.83 bits per heavy atom. The Kier molecular flexibility index (Phi) is 3.82. The lowest BCUT2D eigenvalue weighted by Crippen LogP contribution is -2.59. The van der Waals surface area contributed by atoms with E-state index in [1.807, 2.05) is 4.90 Å². The highest BCUT2D eigenvalue weighted by Crippen LogP contribution is 2.43. The summed E-state index contributed by atoms with van der Waals surface area (Å²) in [5.41, 5.74) is -2.14. The topological polar surface area (TPSA) is 56.7 Å². The molecule has 1 aromatic rings. The summed E-state index contributed by atoms with van der Waals surface area (Å²) >= 11 is 0. The number of anilines is 1. The van der Waals surface area contributed by atoms with Crippen molar-refractivity contribution in [2.24, 2.45) is 0 Å². The second-order valence-electron chi connectivity index (χ2n) is 6.41. The lowest BCUT2D eigenvalue weighted by Gasteiger charge is -2.49. The third kappa shape index (κ3) is 2.75. The third-order valence-corrected chi connectivity index (χ3v) is 4.65. The highest BCUT2D eigenvalue weighted by atomic mass is 19.4. The van der Waals surface area contributed by atoms with Gasteiger partial charge in [-0.2, -0.15) is 13.2 Å². The number of carbonyl (C=O) groups excluding carboxylic acids is 1. The van der Waals surface area contributed by atoms with Crippen LogP contribution in [0, 0.1) is 0 Å². The van der Waals surface area contributed by atoms with Crippen LogP contribution in [0.25, 0.3) is 0 Å². The average molecular weight is 341 g/mol. The number of alkyl halides is 3. The number of hydrogen-bond acceptors (Lipinski definition) is 4. The van der Waals surface area contributed by atoms with Crippen LogP contribution in [0.5, 0.6) is 0 Å². The summed E-state index contributed by atoms with van der Waals surface area (Å²) in [6.45, 7) is 6.21. The van der Waals surface area contributed by atoms with Crippen molar-refractivity contribution in [3.63, 3.8) is 0 Å². The molecule has 1 aromatic heterocycles. The molecule has 2 aliphatic heterocycles. The quantitative estimate of drug-likeness (QED) is 0.793. The van der Waals surface area contributed by atoms with E-state index in [4.69, 9.17) is 0 Å². The predicted molar refractivity (Wildman–Crippen MR) is 81.3 cm³/mol. The number of nitrogens with zero attached hydrogens (tertiary/aromatic N) is 3. The zero-order chi connectivity index (χ0) is 17.7.